The van der Waals surface area contributed by atoms with Gasteiger partial charge in [0.2, 0.25) is 5.76 Å². The molecule has 1 rings (SSSR count). The standard InChI is InChI=1S/C9H13NO3/c1-10(2)6-7-4-5-8(13-7)9(11)12-3/h4-5H,6H2,1-3H3. The molecule has 0 aromatic carbocycles. The van der Waals surface area contributed by atoms with E-state index in [0.717, 1.165) is 5.76 Å². The third-order valence-electron chi connectivity index (χ3n) is 1.52. The van der Waals surface area contributed by atoms with Gasteiger partial charge in [0.15, 0.2) is 0 Å². The van der Waals surface area contributed by atoms with Gasteiger partial charge in [-0.2, -0.15) is 0 Å². The maximum Gasteiger partial charge on any atom is 0.373 e. The molecular weight excluding hydrogens is 170 g/mol. The van der Waals surface area contributed by atoms with E-state index in [-0.39, 0.29) is 5.76 Å². The summed E-state index contributed by atoms with van der Waals surface area (Å²) >= 11 is 0. The SMILES string of the molecule is COC(=O)c1ccc(CN(C)C)o1. The van der Waals surface area contributed by atoms with Crippen molar-refractivity contribution in [3.05, 3.63) is 23.7 Å². The molecule has 0 aliphatic rings. The Morgan fingerprint density at radius 3 is 2.77 bits per heavy atom. The van der Waals surface area contributed by atoms with Gasteiger partial charge < -0.3 is 14.1 Å². The normalized spacial score (nSPS) is 10.5. The fraction of sp³-hybridized carbons (Fsp3) is 0.444. The zero-order valence-corrected chi connectivity index (χ0v) is 8.03. The molecule has 0 saturated carbocycles. The number of ether oxygens (including phenoxy) is 1. The van der Waals surface area contributed by atoms with E-state index in [4.69, 9.17) is 4.42 Å². The van der Waals surface area contributed by atoms with Crippen molar-refractivity contribution in [3.8, 4) is 0 Å². The second-order valence-electron chi connectivity index (χ2n) is 3.00. The van der Waals surface area contributed by atoms with Gasteiger partial charge in [-0.05, 0) is 26.2 Å². The molecule has 0 bridgehead atoms. The van der Waals surface area contributed by atoms with Gasteiger partial charge in [-0.15, -0.1) is 0 Å². The number of carbonyl (C=O) groups is 1. The van der Waals surface area contributed by atoms with Gasteiger partial charge in [-0.3, -0.25) is 0 Å². The van der Waals surface area contributed by atoms with Crippen LogP contribution in [-0.2, 0) is 11.3 Å². The lowest BCUT2D eigenvalue weighted by molar-refractivity contribution is 0.0562. The van der Waals surface area contributed by atoms with Crippen LogP contribution in [0.2, 0.25) is 0 Å². The minimum Gasteiger partial charge on any atom is -0.463 e. The van der Waals surface area contributed by atoms with E-state index >= 15 is 0 Å². The molecule has 4 nitrogen and oxygen atoms in total. The van der Waals surface area contributed by atoms with Crippen molar-refractivity contribution in [3.63, 3.8) is 0 Å². The molecule has 1 aromatic rings. The van der Waals surface area contributed by atoms with Gasteiger partial charge in [0.05, 0.1) is 13.7 Å². The van der Waals surface area contributed by atoms with Crippen molar-refractivity contribution in [2.24, 2.45) is 0 Å². The highest BCUT2D eigenvalue weighted by atomic mass is 16.5. The monoisotopic (exact) mass is 183 g/mol. The average Bonchev–Trinajstić information content (AvgIpc) is 2.50. The van der Waals surface area contributed by atoms with E-state index in [2.05, 4.69) is 4.74 Å². The lowest BCUT2D eigenvalue weighted by Gasteiger charge is -2.05. The second-order valence-corrected chi connectivity index (χ2v) is 3.00. The van der Waals surface area contributed by atoms with Crippen molar-refractivity contribution in [1.82, 2.24) is 4.90 Å². The third-order valence-corrected chi connectivity index (χ3v) is 1.52. The van der Waals surface area contributed by atoms with Crippen molar-refractivity contribution < 1.29 is 13.9 Å². The number of rotatable bonds is 3. The van der Waals surface area contributed by atoms with Gasteiger partial charge in [-0.1, -0.05) is 0 Å². The van der Waals surface area contributed by atoms with Crippen LogP contribution in [0.1, 0.15) is 16.3 Å². The Balaban J connectivity index is 2.69. The molecule has 0 spiro atoms. The topological polar surface area (TPSA) is 42.7 Å². The molecule has 0 N–H and O–H groups in total. The predicted octanol–water partition coefficient (Wildman–Crippen LogP) is 1.13. The summed E-state index contributed by atoms with van der Waals surface area (Å²) in [5.41, 5.74) is 0. The van der Waals surface area contributed by atoms with Crippen LogP contribution >= 0.6 is 0 Å². The Hall–Kier alpha value is -1.29. The van der Waals surface area contributed by atoms with Crippen molar-refractivity contribution in [2.75, 3.05) is 21.2 Å². The first-order valence-corrected chi connectivity index (χ1v) is 3.95. The van der Waals surface area contributed by atoms with Gasteiger partial charge >= 0.3 is 5.97 Å². The molecule has 0 unspecified atom stereocenters. The lowest BCUT2D eigenvalue weighted by atomic mass is 10.4. The van der Waals surface area contributed by atoms with Crippen LogP contribution in [0.4, 0.5) is 0 Å². The number of hydrogen-bond acceptors (Lipinski definition) is 4. The first kappa shape index (κ1) is 9.80. The van der Waals surface area contributed by atoms with E-state index in [1.807, 2.05) is 19.0 Å². The van der Waals surface area contributed by atoms with Gasteiger partial charge in [0.1, 0.15) is 5.76 Å². The molecule has 0 amide bonds. The van der Waals surface area contributed by atoms with Crippen molar-refractivity contribution in [1.29, 1.82) is 0 Å². The first-order valence-electron chi connectivity index (χ1n) is 3.95. The van der Waals surface area contributed by atoms with Crippen LogP contribution in [0, 0.1) is 0 Å². The summed E-state index contributed by atoms with van der Waals surface area (Å²) in [5, 5.41) is 0. The van der Waals surface area contributed by atoms with Crippen molar-refractivity contribution >= 4 is 5.97 Å². The number of nitrogens with zero attached hydrogens (tertiary/aromatic N) is 1. The van der Waals surface area contributed by atoms with E-state index in [1.54, 1.807) is 12.1 Å². The lowest BCUT2D eigenvalue weighted by Crippen LogP contribution is -2.09. The summed E-state index contributed by atoms with van der Waals surface area (Å²) in [6.45, 7) is 0.678. The highest BCUT2D eigenvalue weighted by molar-refractivity contribution is 5.86. The summed E-state index contributed by atoms with van der Waals surface area (Å²) in [7, 11) is 5.19. The molecule has 4 heteroatoms. The van der Waals surface area contributed by atoms with Crippen LogP contribution in [-0.4, -0.2) is 32.1 Å². The van der Waals surface area contributed by atoms with Gasteiger partial charge in [0, 0.05) is 0 Å². The zero-order chi connectivity index (χ0) is 9.84. The van der Waals surface area contributed by atoms with E-state index in [0.29, 0.717) is 6.54 Å². The van der Waals surface area contributed by atoms with Crippen LogP contribution in [0.5, 0.6) is 0 Å². The fourth-order valence-electron chi connectivity index (χ4n) is 0.985. The van der Waals surface area contributed by atoms with Gasteiger partial charge in [-0.25, -0.2) is 4.79 Å². The van der Waals surface area contributed by atoms with Crippen LogP contribution in [0.25, 0.3) is 0 Å². The maximum absolute atomic E-state index is 11.0. The summed E-state index contributed by atoms with van der Waals surface area (Å²) in [6.07, 6.45) is 0. The van der Waals surface area contributed by atoms with E-state index < -0.39 is 5.97 Å². The molecule has 0 aliphatic carbocycles. The minimum atomic E-state index is -0.440. The number of carbonyl (C=O) groups excluding carboxylic acids is 1. The third kappa shape index (κ3) is 2.59. The predicted molar refractivity (Wildman–Crippen MR) is 47.4 cm³/mol. The Bertz CT molecular complexity index is 291. The Kier molecular flexibility index (Phi) is 3.08. The number of methoxy groups -OCH3 is 1. The highest BCUT2D eigenvalue weighted by Crippen LogP contribution is 2.09. The Labute approximate surface area is 77.1 Å². The molecule has 72 valence electrons. The summed E-state index contributed by atoms with van der Waals surface area (Å²) in [5.74, 6) is 0.565. The molecule has 0 radical (unpaired) electrons. The average molecular weight is 183 g/mol. The van der Waals surface area contributed by atoms with E-state index in [9.17, 15) is 4.79 Å². The highest BCUT2D eigenvalue weighted by Gasteiger charge is 2.10. The number of hydrogen-bond donors (Lipinski definition) is 0. The Morgan fingerprint density at radius 1 is 1.54 bits per heavy atom. The quantitative estimate of drug-likeness (QED) is 0.659. The number of furan rings is 1. The summed E-state index contributed by atoms with van der Waals surface area (Å²) < 4.78 is 9.74. The largest absolute Gasteiger partial charge is 0.463 e. The molecule has 13 heavy (non-hydrogen) atoms. The maximum atomic E-state index is 11.0. The molecular formula is C9H13NO3. The van der Waals surface area contributed by atoms with E-state index in [1.165, 1.54) is 7.11 Å². The molecule has 0 fully saturated rings. The minimum absolute atomic E-state index is 0.249. The zero-order valence-electron chi connectivity index (χ0n) is 8.03. The van der Waals surface area contributed by atoms with Crippen molar-refractivity contribution in [2.45, 2.75) is 6.54 Å². The fourth-order valence-corrected chi connectivity index (χ4v) is 0.985. The number of esters is 1. The van der Waals surface area contributed by atoms with Gasteiger partial charge in [0.25, 0.3) is 0 Å². The Morgan fingerprint density at radius 2 is 2.23 bits per heavy atom. The molecule has 0 atom stereocenters. The van der Waals surface area contributed by atoms with Crippen LogP contribution in [0.3, 0.4) is 0 Å². The van der Waals surface area contributed by atoms with Crippen LogP contribution < -0.4 is 0 Å². The molecule has 1 aromatic heterocycles. The molecule has 0 aliphatic heterocycles. The molecule has 0 saturated heterocycles. The first-order chi connectivity index (χ1) is 6.13. The second kappa shape index (κ2) is 4.09. The van der Waals surface area contributed by atoms with Crippen LogP contribution in [0.15, 0.2) is 16.5 Å². The summed E-state index contributed by atoms with van der Waals surface area (Å²) in [4.78, 5) is 12.9. The summed E-state index contributed by atoms with van der Waals surface area (Å²) in [6, 6.07) is 3.39. The smallest absolute Gasteiger partial charge is 0.373 e. The molecule has 1 heterocycles.